The molecule has 0 aromatic carbocycles. The maximum absolute atomic E-state index is 12.3. The Morgan fingerprint density at radius 1 is 1.14 bits per heavy atom. The summed E-state index contributed by atoms with van der Waals surface area (Å²) in [5.41, 5.74) is 0. The van der Waals surface area contributed by atoms with Crippen LogP contribution >= 0.6 is 0 Å². The Bertz CT molecular complexity index is 376. The SMILES string of the molecule is CCCN(CC(=O)N(C)C)C(=O)C(=O)N1CCCNCC1. The Balaban J connectivity index is 2.69. The van der Waals surface area contributed by atoms with E-state index in [1.807, 2.05) is 6.92 Å². The first kappa shape index (κ1) is 17.4. The molecule has 21 heavy (non-hydrogen) atoms. The molecule has 1 aliphatic rings. The first-order valence-electron chi connectivity index (χ1n) is 7.46. The lowest BCUT2D eigenvalue weighted by molar-refractivity contribution is -0.153. The highest BCUT2D eigenvalue weighted by molar-refractivity contribution is 6.35. The zero-order valence-corrected chi connectivity index (χ0v) is 13.2. The van der Waals surface area contributed by atoms with E-state index < -0.39 is 11.8 Å². The summed E-state index contributed by atoms with van der Waals surface area (Å²) in [6.45, 7) is 4.96. The fourth-order valence-corrected chi connectivity index (χ4v) is 2.15. The van der Waals surface area contributed by atoms with Gasteiger partial charge in [0.05, 0.1) is 0 Å². The number of carbonyl (C=O) groups excluding carboxylic acids is 3. The molecule has 1 heterocycles. The molecule has 7 nitrogen and oxygen atoms in total. The molecule has 1 N–H and O–H groups in total. The van der Waals surface area contributed by atoms with Gasteiger partial charge in [-0.15, -0.1) is 0 Å². The molecule has 0 saturated carbocycles. The van der Waals surface area contributed by atoms with E-state index in [1.165, 1.54) is 9.80 Å². The van der Waals surface area contributed by atoms with Gasteiger partial charge in [-0.25, -0.2) is 0 Å². The van der Waals surface area contributed by atoms with Crippen molar-refractivity contribution in [2.24, 2.45) is 0 Å². The van der Waals surface area contributed by atoms with Gasteiger partial charge in [0.15, 0.2) is 0 Å². The molecule has 0 aromatic rings. The quantitative estimate of drug-likeness (QED) is 0.685. The van der Waals surface area contributed by atoms with Crippen LogP contribution in [0, 0.1) is 0 Å². The van der Waals surface area contributed by atoms with Crippen LogP contribution in [0.3, 0.4) is 0 Å². The Morgan fingerprint density at radius 3 is 2.48 bits per heavy atom. The number of rotatable bonds is 4. The van der Waals surface area contributed by atoms with Crippen LogP contribution < -0.4 is 5.32 Å². The summed E-state index contributed by atoms with van der Waals surface area (Å²) in [4.78, 5) is 40.8. The molecule has 1 aliphatic heterocycles. The molecule has 0 atom stereocenters. The van der Waals surface area contributed by atoms with E-state index in [4.69, 9.17) is 0 Å². The number of likely N-dealkylation sites (N-methyl/N-ethyl adjacent to an activating group) is 1. The zero-order valence-electron chi connectivity index (χ0n) is 13.2. The van der Waals surface area contributed by atoms with Crippen LogP contribution in [0.2, 0.25) is 0 Å². The summed E-state index contributed by atoms with van der Waals surface area (Å²) >= 11 is 0. The molecule has 1 rings (SSSR count). The second-order valence-corrected chi connectivity index (χ2v) is 5.41. The second-order valence-electron chi connectivity index (χ2n) is 5.41. The molecule has 3 amide bonds. The van der Waals surface area contributed by atoms with E-state index in [0.29, 0.717) is 32.6 Å². The molecule has 1 fully saturated rings. The van der Waals surface area contributed by atoms with E-state index in [1.54, 1.807) is 19.0 Å². The van der Waals surface area contributed by atoms with Crippen LogP contribution in [0.4, 0.5) is 0 Å². The predicted molar refractivity (Wildman–Crippen MR) is 79.6 cm³/mol. The van der Waals surface area contributed by atoms with Crippen molar-refractivity contribution in [2.45, 2.75) is 19.8 Å². The summed E-state index contributed by atoms with van der Waals surface area (Å²) in [5, 5.41) is 3.19. The minimum absolute atomic E-state index is 0.0441. The Labute approximate surface area is 126 Å². The molecule has 1 saturated heterocycles. The van der Waals surface area contributed by atoms with Gasteiger partial charge >= 0.3 is 11.8 Å². The largest absolute Gasteiger partial charge is 0.347 e. The summed E-state index contributed by atoms with van der Waals surface area (Å²) in [5.74, 6) is -1.25. The highest BCUT2D eigenvalue weighted by Gasteiger charge is 2.28. The van der Waals surface area contributed by atoms with Crippen molar-refractivity contribution in [1.82, 2.24) is 20.0 Å². The third kappa shape index (κ3) is 5.34. The van der Waals surface area contributed by atoms with E-state index in [2.05, 4.69) is 5.32 Å². The number of carbonyl (C=O) groups is 3. The highest BCUT2D eigenvalue weighted by atomic mass is 16.2. The van der Waals surface area contributed by atoms with Gasteiger partial charge in [-0.3, -0.25) is 14.4 Å². The lowest BCUT2D eigenvalue weighted by Crippen LogP contribution is -2.49. The van der Waals surface area contributed by atoms with E-state index >= 15 is 0 Å². The van der Waals surface area contributed by atoms with Crippen molar-refractivity contribution in [3.8, 4) is 0 Å². The van der Waals surface area contributed by atoms with Gasteiger partial charge in [-0.1, -0.05) is 6.92 Å². The van der Waals surface area contributed by atoms with Crippen LogP contribution in [0.5, 0.6) is 0 Å². The van der Waals surface area contributed by atoms with Gasteiger partial charge in [0.1, 0.15) is 6.54 Å². The van der Waals surface area contributed by atoms with Gasteiger partial charge in [0, 0.05) is 40.3 Å². The molecular weight excluding hydrogens is 272 g/mol. The third-order valence-electron chi connectivity index (χ3n) is 3.42. The van der Waals surface area contributed by atoms with Crippen LogP contribution in [0.1, 0.15) is 19.8 Å². The van der Waals surface area contributed by atoms with E-state index in [0.717, 1.165) is 13.0 Å². The molecule has 7 heteroatoms. The molecular formula is C14H26N4O3. The minimum Gasteiger partial charge on any atom is -0.347 e. The lowest BCUT2D eigenvalue weighted by Gasteiger charge is -2.26. The molecule has 0 aliphatic carbocycles. The van der Waals surface area contributed by atoms with E-state index in [-0.39, 0.29) is 12.5 Å². The summed E-state index contributed by atoms with van der Waals surface area (Å²) in [6.07, 6.45) is 1.55. The maximum Gasteiger partial charge on any atom is 0.312 e. The Hall–Kier alpha value is -1.63. The maximum atomic E-state index is 12.3. The minimum atomic E-state index is -0.575. The molecule has 0 aromatic heterocycles. The highest BCUT2D eigenvalue weighted by Crippen LogP contribution is 2.02. The second kappa shape index (κ2) is 8.61. The Kier molecular flexibility index (Phi) is 7.14. The fraction of sp³-hybridized carbons (Fsp3) is 0.786. The summed E-state index contributed by atoms with van der Waals surface area (Å²) in [7, 11) is 3.28. The number of hydrogen-bond donors (Lipinski definition) is 1. The summed E-state index contributed by atoms with van der Waals surface area (Å²) < 4.78 is 0. The van der Waals surface area contributed by atoms with Crippen molar-refractivity contribution in [2.75, 3.05) is 53.4 Å². The number of amides is 3. The molecule has 120 valence electrons. The molecule has 0 spiro atoms. The van der Waals surface area contributed by atoms with Crippen LogP contribution in [0.15, 0.2) is 0 Å². The van der Waals surface area contributed by atoms with Crippen LogP contribution in [0.25, 0.3) is 0 Å². The van der Waals surface area contributed by atoms with E-state index in [9.17, 15) is 14.4 Å². The number of nitrogens with one attached hydrogen (secondary N) is 1. The van der Waals surface area contributed by atoms with Crippen molar-refractivity contribution >= 4 is 17.7 Å². The monoisotopic (exact) mass is 298 g/mol. The fourth-order valence-electron chi connectivity index (χ4n) is 2.15. The normalized spacial score (nSPS) is 15.3. The van der Waals surface area contributed by atoms with Gasteiger partial charge < -0.3 is 20.0 Å². The van der Waals surface area contributed by atoms with Gasteiger partial charge in [0.25, 0.3) is 0 Å². The first-order chi connectivity index (χ1) is 9.97. The van der Waals surface area contributed by atoms with Crippen molar-refractivity contribution < 1.29 is 14.4 Å². The van der Waals surface area contributed by atoms with Crippen LogP contribution in [-0.2, 0) is 14.4 Å². The van der Waals surface area contributed by atoms with Crippen molar-refractivity contribution in [3.63, 3.8) is 0 Å². The standard InChI is InChI=1S/C14H26N4O3/c1-4-8-18(11-12(19)16(2)3)14(21)13(20)17-9-5-6-15-7-10-17/h15H,4-11H2,1-3H3. The third-order valence-corrected chi connectivity index (χ3v) is 3.42. The zero-order chi connectivity index (χ0) is 15.8. The smallest absolute Gasteiger partial charge is 0.312 e. The van der Waals surface area contributed by atoms with Gasteiger partial charge in [0.2, 0.25) is 5.91 Å². The number of hydrogen-bond acceptors (Lipinski definition) is 4. The summed E-state index contributed by atoms with van der Waals surface area (Å²) in [6, 6.07) is 0. The number of nitrogens with zero attached hydrogens (tertiary/aromatic N) is 3. The molecule has 0 unspecified atom stereocenters. The average molecular weight is 298 g/mol. The predicted octanol–water partition coefficient (Wildman–Crippen LogP) is -0.865. The van der Waals surface area contributed by atoms with Crippen molar-refractivity contribution in [3.05, 3.63) is 0 Å². The Morgan fingerprint density at radius 2 is 1.86 bits per heavy atom. The molecule has 0 radical (unpaired) electrons. The van der Waals surface area contributed by atoms with Crippen LogP contribution in [-0.4, -0.2) is 85.8 Å². The van der Waals surface area contributed by atoms with Crippen molar-refractivity contribution in [1.29, 1.82) is 0 Å². The average Bonchev–Trinajstić information content (AvgIpc) is 2.74. The first-order valence-corrected chi connectivity index (χ1v) is 7.46. The molecule has 0 bridgehead atoms. The topological polar surface area (TPSA) is 73.0 Å². The lowest BCUT2D eigenvalue weighted by atomic mass is 10.3. The van der Waals surface area contributed by atoms with Gasteiger partial charge in [-0.2, -0.15) is 0 Å². The van der Waals surface area contributed by atoms with Gasteiger partial charge in [-0.05, 0) is 19.4 Å².